The predicted molar refractivity (Wildman–Crippen MR) is 91.5 cm³/mol. The number of phenols is 1. The van der Waals surface area contributed by atoms with E-state index in [-0.39, 0.29) is 28.3 Å². The lowest BCUT2D eigenvalue weighted by molar-refractivity contribution is 0.0938. The van der Waals surface area contributed by atoms with Gasteiger partial charge in [0.2, 0.25) is 5.76 Å². The third-order valence-electron chi connectivity index (χ3n) is 4.19. The molecular formula is C18H12ClNO5. The highest BCUT2D eigenvalue weighted by molar-refractivity contribution is 6.31. The highest BCUT2D eigenvalue weighted by Gasteiger charge is 2.36. The first kappa shape index (κ1) is 15.5. The number of hydrogen-bond donors (Lipinski definition) is 2. The van der Waals surface area contributed by atoms with Gasteiger partial charge in [0.1, 0.15) is 5.58 Å². The van der Waals surface area contributed by atoms with Crippen molar-refractivity contribution in [2.24, 2.45) is 0 Å². The van der Waals surface area contributed by atoms with Crippen LogP contribution >= 0.6 is 11.6 Å². The minimum atomic E-state index is -0.698. The number of hydrogen-bond acceptors (Lipinski definition) is 5. The first-order chi connectivity index (χ1) is 12.0. The maximum absolute atomic E-state index is 12.9. The van der Waals surface area contributed by atoms with Crippen molar-refractivity contribution in [1.82, 2.24) is 5.32 Å². The third-order valence-corrected chi connectivity index (χ3v) is 4.43. The van der Waals surface area contributed by atoms with Crippen LogP contribution in [0, 0.1) is 0 Å². The normalized spacial score (nSPS) is 15.9. The van der Waals surface area contributed by atoms with E-state index in [9.17, 15) is 14.7 Å². The Morgan fingerprint density at radius 3 is 2.76 bits per heavy atom. The van der Waals surface area contributed by atoms with Gasteiger partial charge in [-0.25, -0.2) is 0 Å². The molecule has 0 saturated carbocycles. The predicted octanol–water partition coefficient (Wildman–Crippen LogP) is 2.99. The number of fused-ring (bicyclic) bond motifs is 2. The minimum Gasteiger partial charge on any atom is -0.504 e. The lowest BCUT2D eigenvalue weighted by atomic mass is 9.99. The van der Waals surface area contributed by atoms with Gasteiger partial charge in [-0.1, -0.05) is 17.7 Å². The number of nitrogens with one attached hydrogen (secondary N) is 1. The molecule has 1 aliphatic rings. The molecule has 0 unspecified atom stereocenters. The molecule has 6 nitrogen and oxygen atoms in total. The van der Waals surface area contributed by atoms with E-state index in [4.69, 9.17) is 20.8 Å². The zero-order chi connectivity index (χ0) is 17.7. The van der Waals surface area contributed by atoms with E-state index in [0.29, 0.717) is 21.6 Å². The largest absolute Gasteiger partial charge is 0.504 e. The summed E-state index contributed by atoms with van der Waals surface area (Å²) in [5.41, 5.74) is 0.782. The number of benzene rings is 2. The van der Waals surface area contributed by atoms with E-state index in [1.807, 2.05) is 0 Å². The van der Waals surface area contributed by atoms with Gasteiger partial charge in [-0.15, -0.1) is 0 Å². The molecule has 7 heteroatoms. The number of carbonyl (C=O) groups is 1. The Kier molecular flexibility index (Phi) is 3.43. The molecule has 1 atom stereocenters. The molecule has 126 valence electrons. The van der Waals surface area contributed by atoms with Gasteiger partial charge >= 0.3 is 0 Å². The summed E-state index contributed by atoms with van der Waals surface area (Å²) in [4.78, 5) is 25.2. The fraction of sp³-hybridized carbons (Fsp3) is 0.111. The number of phenolic OH excluding ortho intramolecular Hbond substituents is 1. The highest BCUT2D eigenvalue weighted by atomic mass is 35.5. The summed E-state index contributed by atoms with van der Waals surface area (Å²) in [6.07, 6.45) is 0. The van der Waals surface area contributed by atoms with Gasteiger partial charge in [0.15, 0.2) is 16.9 Å². The van der Waals surface area contributed by atoms with E-state index in [0.717, 1.165) is 0 Å². The van der Waals surface area contributed by atoms with Gasteiger partial charge in [0.25, 0.3) is 5.91 Å². The molecule has 0 fully saturated rings. The topological polar surface area (TPSA) is 88.8 Å². The third kappa shape index (κ3) is 2.34. The highest BCUT2D eigenvalue weighted by Crippen LogP contribution is 2.35. The van der Waals surface area contributed by atoms with Crippen molar-refractivity contribution in [3.63, 3.8) is 0 Å². The first-order valence-corrected chi connectivity index (χ1v) is 7.81. The first-order valence-electron chi connectivity index (χ1n) is 7.43. The molecule has 25 heavy (non-hydrogen) atoms. The lowest BCUT2D eigenvalue weighted by Gasteiger charge is -2.13. The molecular weight excluding hydrogens is 346 g/mol. The minimum absolute atomic E-state index is 0.0168. The van der Waals surface area contributed by atoms with Gasteiger partial charge in [0.05, 0.1) is 24.1 Å². The molecule has 3 aromatic rings. The molecule has 0 aliphatic carbocycles. The van der Waals surface area contributed by atoms with Crippen molar-refractivity contribution in [2.45, 2.75) is 6.04 Å². The van der Waals surface area contributed by atoms with Crippen molar-refractivity contribution in [1.29, 1.82) is 0 Å². The molecule has 0 radical (unpaired) electrons. The molecule has 4 rings (SSSR count). The zero-order valence-corrected chi connectivity index (χ0v) is 13.8. The van der Waals surface area contributed by atoms with Crippen LogP contribution < -0.4 is 15.5 Å². The quantitative estimate of drug-likeness (QED) is 0.736. The summed E-state index contributed by atoms with van der Waals surface area (Å²) in [5.74, 6) is -0.278. The van der Waals surface area contributed by atoms with Crippen molar-refractivity contribution in [3.05, 3.63) is 68.5 Å². The fourth-order valence-electron chi connectivity index (χ4n) is 3.01. The molecule has 0 spiro atoms. The second-order valence-electron chi connectivity index (χ2n) is 5.65. The number of amides is 1. The van der Waals surface area contributed by atoms with Gasteiger partial charge < -0.3 is 19.6 Å². The molecule has 2 N–H and O–H groups in total. The summed E-state index contributed by atoms with van der Waals surface area (Å²) >= 11 is 5.97. The number of ether oxygens (including phenoxy) is 1. The summed E-state index contributed by atoms with van der Waals surface area (Å²) in [7, 11) is 1.42. The van der Waals surface area contributed by atoms with Crippen molar-refractivity contribution < 1.29 is 19.1 Å². The van der Waals surface area contributed by atoms with E-state index in [2.05, 4.69) is 5.32 Å². The van der Waals surface area contributed by atoms with E-state index < -0.39 is 11.9 Å². The Labute approximate surface area is 146 Å². The average Bonchev–Trinajstić information content (AvgIpc) is 2.93. The van der Waals surface area contributed by atoms with Crippen LogP contribution in [0.15, 0.2) is 45.6 Å². The SMILES string of the molecule is COc1cc([C@H]2NC(=O)c3oc4ccc(Cl)cc4c(=O)c32)ccc1O. The van der Waals surface area contributed by atoms with Gasteiger partial charge in [-0.2, -0.15) is 0 Å². The average molecular weight is 358 g/mol. The van der Waals surface area contributed by atoms with Crippen LogP contribution in [0.1, 0.15) is 27.7 Å². The number of aromatic hydroxyl groups is 1. The smallest absolute Gasteiger partial charge is 0.288 e. The standard InChI is InChI=1S/C18H12ClNO5/c1-24-13-6-8(2-4-11(13)21)15-14-16(22)10-7-9(19)3-5-12(10)25-17(14)18(23)20-15/h2-7,15,21H,1H3,(H,20,23)/t15-/m1/s1. The van der Waals surface area contributed by atoms with Crippen molar-refractivity contribution >= 4 is 28.5 Å². The van der Waals surface area contributed by atoms with Crippen LogP contribution in [0.25, 0.3) is 11.0 Å². The summed E-state index contributed by atoms with van der Waals surface area (Å²) in [5, 5.41) is 13.2. The second-order valence-corrected chi connectivity index (χ2v) is 6.09. The second kappa shape index (κ2) is 5.53. The van der Waals surface area contributed by atoms with Crippen LogP contribution in [0.3, 0.4) is 0 Å². The Bertz CT molecular complexity index is 1090. The molecule has 2 aromatic carbocycles. The monoisotopic (exact) mass is 357 g/mol. The van der Waals surface area contributed by atoms with Crippen LogP contribution in [-0.2, 0) is 0 Å². The van der Waals surface area contributed by atoms with E-state index >= 15 is 0 Å². The molecule has 0 saturated heterocycles. The van der Waals surface area contributed by atoms with Crippen molar-refractivity contribution in [2.75, 3.05) is 7.11 Å². The zero-order valence-electron chi connectivity index (χ0n) is 13.0. The fourth-order valence-corrected chi connectivity index (χ4v) is 3.18. The Hall–Kier alpha value is -2.99. The number of halogens is 1. The van der Waals surface area contributed by atoms with Gasteiger partial charge in [0, 0.05) is 5.02 Å². The Balaban J connectivity index is 1.96. The number of rotatable bonds is 2. The van der Waals surface area contributed by atoms with E-state index in [1.54, 1.807) is 24.3 Å². The van der Waals surface area contributed by atoms with Crippen LogP contribution in [0.4, 0.5) is 0 Å². The Morgan fingerprint density at radius 2 is 2.00 bits per heavy atom. The summed E-state index contributed by atoms with van der Waals surface area (Å²) in [6, 6.07) is 8.59. The summed E-state index contributed by atoms with van der Waals surface area (Å²) in [6.45, 7) is 0. The number of methoxy groups -OCH3 is 1. The van der Waals surface area contributed by atoms with Gasteiger partial charge in [-0.05, 0) is 35.9 Å². The number of carbonyl (C=O) groups excluding carboxylic acids is 1. The van der Waals surface area contributed by atoms with Crippen LogP contribution in [-0.4, -0.2) is 18.1 Å². The van der Waals surface area contributed by atoms with Crippen LogP contribution in [0.5, 0.6) is 11.5 Å². The summed E-state index contributed by atoms with van der Waals surface area (Å²) < 4.78 is 10.7. The molecule has 2 heterocycles. The maximum Gasteiger partial charge on any atom is 0.288 e. The lowest BCUT2D eigenvalue weighted by Crippen LogP contribution is -2.21. The molecule has 1 aliphatic heterocycles. The van der Waals surface area contributed by atoms with Crippen LogP contribution in [0.2, 0.25) is 5.02 Å². The molecule has 0 bridgehead atoms. The maximum atomic E-state index is 12.9. The van der Waals surface area contributed by atoms with Gasteiger partial charge in [-0.3, -0.25) is 9.59 Å². The molecule has 1 aromatic heterocycles. The van der Waals surface area contributed by atoms with E-state index in [1.165, 1.54) is 19.2 Å². The molecule has 1 amide bonds. The Morgan fingerprint density at radius 1 is 1.20 bits per heavy atom. The van der Waals surface area contributed by atoms with Crippen molar-refractivity contribution in [3.8, 4) is 11.5 Å².